The van der Waals surface area contributed by atoms with Crippen LogP contribution in [0, 0.1) is 5.92 Å². The molecule has 0 aliphatic carbocycles. The quantitative estimate of drug-likeness (QED) is 0.609. The number of aromatic nitrogens is 2. The Morgan fingerprint density at radius 1 is 1.24 bits per heavy atom. The number of carbonyl (C=O) groups is 4. The Morgan fingerprint density at radius 3 is 2.40 bits per heavy atom. The summed E-state index contributed by atoms with van der Waals surface area (Å²) in [6.45, 7) is 2.06. The number of carbonyl (C=O) groups excluding carboxylic acids is 4. The fourth-order valence-corrected chi connectivity index (χ4v) is 2.61. The van der Waals surface area contributed by atoms with Crippen LogP contribution in [0.15, 0.2) is 6.08 Å². The first-order valence-electron chi connectivity index (χ1n) is 7.83. The second-order valence-electron chi connectivity index (χ2n) is 5.73. The molecule has 2 heterocycles. The lowest BCUT2D eigenvalue weighted by molar-refractivity contribution is -0.150. The zero-order chi connectivity index (χ0) is 18.7. The number of H-pyrrole nitrogens is 1. The number of nitrogens with one attached hydrogen (secondary N) is 1. The van der Waals surface area contributed by atoms with Crippen LogP contribution < -0.4 is 0 Å². The molecule has 1 aliphatic heterocycles. The number of unbranched alkanes of at least 4 members (excludes halogenated alkanes) is 1. The highest BCUT2D eigenvalue weighted by Crippen LogP contribution is 2.19. The van der Waals surface area contributed by atoms with E-state index in [-0.39, 0.29) is 5.15 Å². The number of halogens is 1. The molecule has 1 aromatic heterocycles. The van der Waals surface area contributed by atoms with Crippen LogP contribution in [0.5, 0.6) is 0 Å². The van der Waals surface area contributed by atoms with E-state index in [1.165, 1.54) is 20.2 Å². The highest BCUT2D eigenvalue weighted by Gasteiger charge is 2.45. The van der Waals surface area contributed by atoms with Gasteiger partial charge in [0.25, 0.3) is 11.8 Å². The summed E-state index contributed by atoms with van der Waals surface area (Å²) < 4.78 is 0. The third kappa shape index (κ3) is 3.79. The van der Waals surface area contributed by atoms with Crippen LogP contribution in [0.2, 0.25) is 5.15 Å². The van der Waals surface area contributed by atoms with Crippen molar-refractivity contribution in [3.63, 3.8) is 0 Å². The summed E-state index contributed by atoms with van der Waals surface area (Å²) in [5.41, 5.74) is 0.356. The van der Waals surface area contributed by atoms with Crippen LogP contribution in [0.4, 0.5) is 4.79 Å². The molecule has 9 heteroatoms. The number of imide groups is 2. The van der Waals surface area contributed by atoms with E-state index >= 15 is 0 Å². The average Bonchev–Trinajstić information content (AvgIpc) is 2.94. The van der Waals surface area contributed by atoms with Crippen LogP contribution in [-0.2, 0) is 20.8 Å². The van der Waals surface area contributed by atoms with Gasteiger partial charge in [-0.1, -0.05) is 24.9 Å². The molecule has 0 atom stereocenters. The monoisotopic (exact) mass is 366 g/mol. The molecule has 8 nitrogen and oxygen atoms in total. The normalized spacial score (nSPS) is 16.4. The number of amides is 4. The second kappa shape index (κ2) is 7.60. The predicted molar refractivity (Wildman–Crippen MR) is 90.7 cm³/mol. The van der Waals surface area contributed by atoms with Crippen molar-refractivity contribution >= 4 is 41.3 Å². The van der Waals surface area contributed by atoms with Gasteiger partial charge >= 0.3 is 6.03 Å². The van der Waals surface area contributed by atoms with Gasteiger partial charge in [-0.3, -0.25) is 24.2 Å². The molecular formula is C16H19ClN4O4. The van der Waals surface area contributed by atoms with Crippen molar-refractivity contribution in [2.45, 2.75) is 26.2 Å². The SMILES string of the molecule is CCCCc1nc(/C=C/C(=O)C2C(=O)N(C)C(=O)N(C)C2=O)c(Cl)[nH]1. The number of imidazole rings is 1. The van der Waals surface area contributed by atoms with Crippen LogP contribution in [0.1, 0.15) is 31.3 Å². The van der Waals surface area contributed by atoms with E-state index in [9.17, 15) is 19.2 Å². The molecule has 1 saturated heterocycles. The molecular weight excluding hydrogens is 348 g/mol. The second-order valence-corrected chi connectivity index (χ2v) is 6.11. The first-order valence-corrected chi connectivity index (χ1v) is 8.21. The molecule has 25 heavy (non-hydrogen) atoms. The Balaban J connectivity index is 2.17. The van der Waals surface area contributed by atoms with E-state index in [0.29, 0.717) is 11.5 Å². The van der Waals surface area contributed by atoms with Crippen LogP contribution in [0.3, 0.4) is 0 Å². The minimum absolute atomic E-state index is 0.279. The maximum Gasteiger partial charge on any atom is 0.332 e. The van der Waals surface area contributed by atoms with Gasteiger partial charge in [-0.2, -0.15) is 0 Å². The van der Waals surface area contributed by atoms with Gasteiger partial charge in [-0.25, -0.2) is 9.78 Å². The van der Waals surface area contributed by atoms with Crippen LogP contribution >= 0.6 is 11.6 Å². The Bertz CT molecular complexity index is 731. The van der Waals surface area contributed by atoms with E-state index < -0.39 is 29.5 Å². The summed E-state index contributed by atoms with van der Waals surface area (Å²) in [5, 5.41) is 0.279. The van der Waals surface area contributed by atoms with Gasteiger partial charge in [0.15, 0.2) is 11.7 Å². The molecule has 1 aromatic rings. The maximum absolute atomic E-state index is 12.3. The average molecular weight is 367 g/mol. The lowest BCUT2D eigenvalue weighted by Crippen LogP contribution is -2.58. The molecule has 134 valence electrons. The van der Waals surface area contributed by atoms with Crippen molar-refractivity contribution in [2.75, 3.05) is 14.1 Å². The van der Waals surface area contributed by atoms with E-state index in [2.05, 4.69) is 16.9 Å². The molecule has 0 aromatic carbocycles. The number of rotatable bonds is 6. The Morgan fingerprint density at radius 2 is 1.84 bits per heavy atom. The van der Waals surface area contributed by atoms with Gasteiger partial charge in [0, 0.05) is 20.5 Å². The molecule has 2 rings (SSSR count). The number of nitrogens with zero attached hydrogens (tertiary/aromatic N) is 3. The topological polar surface area (TPSA) is 103 Å². The fourth-order valence-electron chi connectivity index (χ4n) is 2.39. The number of ketones is 1. The van der Waals surface area contributed by atoms with E-state index in [1.807, 2.05) is 0 Å². The summed E-state index contributed by atoms with van der Waals surface area (Å²) in [6.07, 6.45) is 5.13. The van der Waals surface area contributed by atoms with E-state index in [1.54, 1.807) is 0 Å². The van der Waals surface area contributed by atoms with Crippen molar-refractivity contribution in [1.82, 2.24) is 19.8 Å². The van der Waals surface area contributed by atoms with Crippen molar-refractivity contribution in [3.05, 3.63) is 22.7 Å². The van der Waals surface area contributed by atoms with Crippen LogP contribution in [-0.4, -0.2) is 57.5 Å². The molecule has 1 N–H and O–H groups in total. The van der Waals surface area contributed by atoms with Gasteiger partial charge in [-0.15, -0.1) is 0 Å². The van der Waals surface area contributed by atoms with Crippen molar-refractivity contribution in [3.8, 4) is 0 Å². The Hall–Kier alpha value is -2.48. The third-order valence-corrected chi connectivity index (χ3v) is 4.21. The molecule has 1 aliphatic rings. The minimum atomic E-state index is -1.57. The number of aromatic amines is 1. The summed E-state index contributed by atoms with van der Waals surface area (Å²) in [4.78, 5) is 56.9. The molecule has 0 unspecified atom stereocenters. The van der Waals surface area contributed by atoms with E-state index in [0.717, 1.165) is 35.1 Å². The minimum Gasteiger partial charge on any atom is -0.333 e. The standard InChI is InChI=1S/C16H19ClN4O4/c1-4-5-6-11-18-9(13(17)19-11)7-8-10(22)12-14(23)20(2)16(25)21(3)15(12)24/h7-8,12H,4-6H2,1-3H3,(H,18,19)/b8-7+. The summed E-state index contributed by atoms with van der Waals surface area (Å²) >= 11 is 6.04. The molecule has 0 spiro atoms. The van der Waals surface area contributed by atoms with Gasteiger partial charge in [0.05, 0.1) is 0 Å². The Kier molecular flexibility index (Phi) is 5.73. The maximum atomic E-state index is 12.3. The Labute approximate surface area is 149 Å². The molecule has 0 radical (unpaired) electrons. The summed E-state index contributed by atoms with van der Waals surface area (Å²) in [5.74, 6) is -3.29. The number of allylic oxidation sites excluding steroid dienone is 1. The van der Waals surface area contributed by atoms with Crippen molar-refractivity contribution in [2.24, 2.45) is 5.92 Å². The van der Waals surface area contributed by atoms with Crippen molar-refractivity contribution in [1.29, 1.82) is 0 Å². The number of barbiturate groups is 1. The summed E-state index contributed by atoms with van der Waals surface area (Å²) in [7, 11) is 2.45. The molecule has 0 saturated carbocycles. The number of aryl methyl sites for hydroxylation is 1. The first-order chi connectivity index (χ1) is 11.8. The lowest BCUT2D eigenvalue weighted by Gasteiger charge is -2.31. The number of urea groups is 1. The zero-order valence-corrected chi connectivity index (χ0v) is 15.0. The largest absolute Gasteiger partial charge is 0.333 e. The smallest absolute Gasteiger partial charge is 0.332 e. The van der Waals surface area contributed by atoms with Gasteiger partial charge in [0.1, 0.15) is 16.7 Å². The number of hydrogen-bond acceptors (Lipinski definition) is 5. The van der Waals surface area contributed by atoms with Crippen molar-refractivity contribution < 1.29 is 19.2 Å². The molecule has 0 bridgehead atoms. The van der Waals surface area contributed by atoms with Crippen LogP contribution in [0.25, 0.3) is 6.08 Å². The highest BCUT2D eigenvalue weighted by atomic mass is 35.5. The van der Waals surface area contributed by atoms with E-state index in [4.69, 9.17) is 11.6 Å². The predicted octanol–water partition coefficient (Wildman–Crippen LogP) is 1.65. The third-order valence-electron chi connectivity index (χ3n) is 3.92. The van der Waals surface area contributed by atoms with Gasteiger partial charge in [0.2, 0.25) is 0 Å². The molecule has 4 amide bonds. The summed E-state index contributed by atoms with van der Waals surface area (Å²) in [6, 6.07) is -0.765. The number of hydrogen-bond donors (Lipinski definition) is 1. The highest BCUT2D eigenvalue weighted by molar-refractivity contribution is 6.31. The van der Waals surface area contributed by atoms with Gasteiger partial charge < -0.3 is 4.98 Å². The zero-order valence-electron chi connectivity index (χ0n) is 14.2. The van der Waals surface area contributed by atoms with Gasteiger partial charge in [-0.05, 0) is 18.6 Å². The lowest BCUT2D eigenvalue weighted by atomic mass is 9.98. The molecule has 1 fully saturated rings. The fraction of sp³-hybridized carbons (Fsp3) is 0.438. The first kappa shape index (κ1) is 18.9.